The van der Waals surface area contributed by atoms with Gasteiger partial charge in [-0.05, 0) is 52.9 Å². The van der Waals surface area contributed by atoms with Gasteiger partial charge in [-0.1, -0.05) is 66.7 Å². The number of cyclic esters (lactones) is 1. The normalized spacial score (nSPS) is 22.1. The number of para-hydroxylation sites is 1. The molecule has 1 saturated heterocycles. The van der Waals surface area contributed by atoms with Crippen molar-refractivity contribution in [3.05, 3.63) is 59.9 Å². The summed E-state index contributed by atoms with van der Waals surface area (Å²) < 4.78 is 48.4. The highest BCUT2D eigenvalue weighted by molar-refractivity contribution is 7.93. The second-order valence-electron chi connectivity index (χ2n) is 13.0. The van der Waals surface area contributed by atoms with Crippen molar-refractivity contribution in [3.8, 4) is 5.75 Å². The molecule has 238 valence electrons. The molecule has 3 aliphatic rings. The molecule has 0 N–H and O–H groups in total. The molecule has 0 bridgehead atoms. The summed E-state index contributed by atoms with van der Waals surface area (Å²) in [6.07, 6.45) is -0.239. The zero-order chi connectivity index (χ0) is 32.1. The molecule has 0 spiro atoms. The van der Waals surface area contributed by atoms with Crippen LogP contribution in [0.2, 0.25) is 16.6 Å². The molecule has 1 fully saturated rings. The van der Waals surface area contributed by atoms with Crippen molar-refractivity contribution >= 4 is 41.6 Å². The van der Waals surface area contributed by atoms with E-state index in [1.54, 1.807) is 24.3 Å². The van der Waals surface area contributed by atoms with Crippen molar-refractivity contribution < 1.29 is 31.9 Å². The number of fused-ring (bicyclic) bond motifs is 3. The van der Waals surface area contributed by atoms with Crippen molar-refractivity contribution in [1.29, 1.82) is 0 Å². The number of nitrogens with zero attached hydrogens (tertiary/aromatic N) is 2. The number of methoxy groups -OCH3 is 1. The minimum absolute atomic E-state index is 0.0806. The van der Waals surface area contributed by atoms with Crippen LogP contribution in [0.3, 0.4) is 0 Å². The Morgan fingerprint density at radius 3 is 2.14 bits per heavy atom. The van der Waals surface area contributed by atoms with Gasteiger partial charge < -0.3 is 13.9 Å². The maximum absolute atomic E-state index is 14.6. The van der Waals surface area contributed by atoms with Crippen LogP contribution in [-0.4, -0.2) is 59.9 Å². The third-order valence-corrected chi connectivity index (χ3v) is 17.5. The van der Waals surface area contributed by atoms with E-state index in [4.69, 9.17) is 13.9 Å². The van der Waals surface area contributed by atoms with E-state index in [-0.39, 0.29) is 24.0 Å². The van der Waals surface area contributed by atoms with E-state index < -0.39 is 42.3 Å². The lowest BCUT2D eigenvalue weighted by atomic mass is 9.75. The number of imide groups is 1. The summed E-state index contributed by atoms with van der Waals surface area (Å²) >= 11 is 0. The Balaban J connectivity index is 1.77. The van der Waals surface area contributed by atoms with Gasteiger partial charge in [0.1, 0.15) is 12.4 Å². The maximum Gasteiger partial charge on any atom is 0.416 e. The Morgan fingerprint density at radius 1 is 0.977 bits per heavy atom. The average Bonchev–Trinajstić information content (AvgIpc) is 3.56. The van der Waals surface area contributed by atoms with Crippen molar-refractivity contribution in [2.75, 3.05) is 24.6 Å². The summed E-state index contributed by atoms with van der Waals surface area (Å²) in [5.41, 5.74) is 2.82. The molecule has 2 heterocycles. The number of rotatable bonds is 9. The van der Waals surface area contributed by atoms with Crippen molar-refractivity contribution in [1.82, 2.24) is 4.90 Å². The van der Waals surface area contributed by atoms with E-state index in [0.29, 0.717) is 34.5 Å². The average molecular weight is 641 g/mol. The zero-order valence-electron chi connectivity index (χ0n) is 26.9. The fraction of sp³-hybridized carbons (Fsp3) is 0.515. The standard InChI is InChI=1S/C33H44N2O7SSi/c1-20(2)44(21(3)4,22(5)6)42-28-19-23(7)29(32(36)34-17-18-41-33(34)37)31-30(28)26-11-9-10-12-27(26)35(31)43(38,39)25-15-13-24(40-8)14-16-25/h9-16,20-23,29,31H,17-19H2,1-8H3/t23-,29+,31-/m0/s1. The van der Waals surface area contributed by atoms with Crippen LogP contribution in [0.1, 0.15) is 60.5 Å². The molecule has 3 atom stereocenters. The van der Waals surface area contributed by atoms with Crippen LogP contribution in [-0.2, 0) is 24.0 Å². The molecule has 1 aliphatic carbocycles. The second-order valence-corrected chi connectivity index (χ2v) is 20.2. The molecule has 2 aromatic carbocycles. The predicted molar refractivity (Wildman–Crippen MR) is 172 cm³/mol. The lowest BCUT2D eigenvalue weighted by Crippen LogP contribution is -2.54. The number of hydrogen-bond acceptors (Lipinski definition) is 7. The topological polar surface area (TPSA) is 102 Å². The number of amides is 2. The second kappa shape index (κ2) is 11.9. The van der Waals surface area contributed by atoms with E-state index in [0.717, 1.165) is 21.8 Å². The lowest BCUT2D eigenvalue weighted by Gasteiger charge is -2.46. The fourth-order valence-corrected chi connectivity index (χ4v) is 14.7. The number of sulfonamides is 1. The molecule has 0 radical (unpaired) electrons. The lowest BCUT2D eigenvalue weighted by molar-refractivity contribution is -0.134. The molecule has 2 amide bonds. The SMILES string of the molecule is COc1ccc(S(=O)(=O)N2c3ccccc3C3=C(O[Si](C(C)C)(C(C)C)C(C)C)C[C@H](C)[C@@H](C(=O)N4CCOC4=O)[C@@H]32)cc1. The molecule has 44 heavy (non-hydrogen) atoms. The van der Waals surface area contributed by atoms with Gasteiger partial charge in [0.2, 0.25) is 5.91 Å². The van der Waals surface area contributed by atoms with Gasteiger partial charge in [-0.3, -0.25) is 9.10 Å². The van der Waals surface area contributed by atoms with Gasteiger partial charge >= 0.3 is 6.09 Å². The highest BCUT2D eigenvalue weighted by Crippen LogP contribution is 2.55. The highest BCUT2D eigenvalue weighted by atomic mass is 32.2. The van der Waals surface area contributed by atoms with Crippen LogP contribution in [0.4, 0.5) is 10.5 Å². The van der Waals surface area contributed by atoms with Gasteiger partial charge in [0, 0.05) is 17.6 Å². The predicted octanol–water partition coefficient (Wildman–Crippen LogP) is 6.81. The van der Waals surface area contributed by atoms with Crippen LogP contribution >= 0.6 is 0 Å². The van der Waals surface area contributed by atoms with E-state index in [1.807, 2.05) is 19.1 Å². The first kappa shape index (κ1) is 32.1. The maximum atomic E-state index is 14.6. The fourth-order valence-electron chi connectivity index (χ4n) is 7.76. The number of hydrogen-bond donors (Lipinski definition) is 0. The van der Waals surface area contributed by atoms with Gasteiger partial charge in [-0.2, -0.15) is 0 Å². The number of anilines is 1. The summed E-state index contributed by atoms with van der Waals surface area (Å²) in [4.78, 5) is 28.1. The molecule has 2 aliphatic heterocycles. The molecule has 0 saturated carbocycles. The largest absolute Gasteiger partial charge is 0.545 e. The number of benzene rings is 2. The molecule has 9 nitrogen and oxygen atoms in total. The Labute approximate surface area is 262 Å². The summed E-state index contributed by atoms with van der Waals surface area (Å²) in [7, 11) is -5.12. The molecule has 0 unspecified atom stereocenters. The molecular formula is C33H44N2O7SSi. The number of carbonyl (C=O) groups excluding carboxylic acids is 2. The number of ether oxygens (including phenoxy) is 2. The zero-order valence-corrected chi connectivity index (χ0v) is 28.7. The summed E-state index contributed by atoms with van der Waals surface area (Å²) in [5, 5.41) is 0. The van der Waals surface area contributed by atoms with E-state index in [2.05, 4.69) is 41.5 Å². The first-order valence-corrected chi connectivity index (χ1v) is 19.0. The van der Waals surface area contributed by atoms with Gasteiger partial charge in [-0.25, -0.2) is 18.1 Å². The van der Waals surface area contributed by atoms with Crippen LogP contribution in [0.5, 0.6) is 5.75 Å². The third-order valence-electron chi connectivity index (χ3n) is 9.68. The molecular weight excluding hydrogens is 597 g/mol. The molecule has 5 rings (SSSR count). The molecule has 11 heteroatoms. The first-order chi connectivity index (χ1) is 20.8. The molecule has 0 aromatic heterocycles. The number of allylic oxidation sites excluding steroid dienone is 1. The van der Waals surface area contributed by atoms with Crippen LogP contribution in [0.15, 0.2) is 59.2 Å². The summed E-state index contributed by atoms with van der Waals surface area (Å²) in [6.45, 7) is 15.5. The van der Waals surface area contributed by atoms with Gasteiger partial charge in [0.25, 0.3) is 18.3 Å². The highest BCUT2D eigenvalue weighted by Gasteiger charge is 2.56. The minimum atomic E-state index is -4.18. The van der Waals surface area contributed by atoms with E-state index >= 15 is 0 Å². The quantitative estimate of drug-likeness (QED) is 0.278. The summed E-state index contributed by atoms with van der Waals surface area (Å²) in [6, 6.07) is 12.7. The van der Waals surface area contributed by atoms with Gasteiger partial charge in [0.05, 0.1) is 42.0 Å². The van der Waals surface area contributed by atoms with Crippen molar-refractivity contribution in [2.24, 2.45) is 11.8 Å². The minimum Gasteiger partial charge on any atom is -0.545 e. The Bertz CT molecular complexity index is 1550. The number of carbonyl (C=O) groups is 2. The van der Waals surface area contributed by atoms with Crippen molar-refractivity contribution in [2.45, 2.75) is 82.4 Å². The van der Waals surface area contributed by atoms with Gasteiger partial charge in [-0.15, -0.1) is 0 Å². The summed E-state index contributed by atoms with van der Waals surface area (Å²) in [5.74, 6) is -0.286. The monoisotopic (exact) mass is 640 g/mol. The first-order valence-electron chi connectivity index (χ1n) is 15.4. The van der Waals surface area contributed by atoms with Crippen LogP contribution in [0.25, 0.3) is 5.57 Å². The van der Waals surface area contributed by atoms with Crippen LogP contribution < -0.4 is 9.04 Å². The smallest absolute Gasteiger partial charge is 0.416 e. The Kier molecular flexibility index (Phi) is 8.67. The van der Waals surface area contributed by atoms with E-state index in [1.165, 1.54) is 23.5 Å². The Morgan fingerprint density at radius 2 is 1.59 bits per heavy atom. The third kappa shape index (κ3) is 5.01. The Hall–Kier alpha value is -3.31. The van der Waals surface area contributed by atoms with Gasteiger partial charge in [0.15, 0.2) is 0 Å². The van der Waals surface area contributed by atoms with E-state index in [9.17, 15) is 18.0 Å². The van der Waals surface area contributed by atoms with Crippen molar-refractivity contribution in [3.63, 3.8) is 0 Å². The molecule has 2 aromatic rings. The van der Waals surface area contributed by atoms with Crippen LogP contribution in [0, 0.1) is 11.8 Å².